The summed E-state index contributed by atoms with van der Waals surface area (Å²) >= 11 is 0. The minimum atomic E-state index is -3.56. The lowest BCUT2D eigenvalue weighted by atomic mass is 10.2. The summed E-state index contributed by atoms with van der Waals surface area (Å²) in [6, 6.07) is 8.00. The maximum Gasteiger partial charge on any atom is 0.258 e. The fourth-order valence-corrected chi connectivity index (χ4v) is 3.56. The lowest BCUT2D eigenvalue weighted by Gasteiger charge is -2.13. The van der Waals surface area contributed by atoms with Crippen molar-refractivity contribution in [3.05, 3.63) is 53.9 Å². The summed E-state index contributed by atoms with van der Waals surface area (Å²) in [4.78, 5) is 16.0. The number of ether oxygens (including phenoxy) is 1. The molecule has 0 radical (unpaired) electrons. The van der Waals surface area contributed by atoms with E-state index in [1.54, 1.807) is 45.3 Å². The predicted octanol–water partition coefficient (Wildman–Crippen LogP) is 1.77. The summed E-state index contributed by atoms with van der Waals surface area (Å²) in [6.07, 6.45) is 3.34. The number of rotatable bonds is 8. The lowest BCUT2D eigenvalue weighted by molar-refractivity contribution is -0.123. The molecule has 1 heterocycles. The van der Waals surface area contributed by atoms with Crippen LogP contribution in [0.1, 0.15) is 25.0 Å². The average Bonchev–Trinajstić information content (AvgIpc) is 2.58. The van der Waals surface area contributed by atoms with E-state index in [9.17, 15) is 13.2 Å². The summed E-state index contributed by atoms with van der Waals surface area (Å²) < 4.78 is 32.4. The maximum atomic E-state index is 12.2. The molecule has 7 nitrogen and oxygen atoms in total. The Hall–Kier alpha value is -2.45. The molecular formula is C18H23N3O4S. The van der Waals surface area contributed by atoms with Gasteiger partial charge in [0.2, 0.25) is 10.0 Å². The third-order valence-electron chi connectivity index (χ3n) is 3.42. The van der Waals surface area contributed by atoms with Crippen LogP contribution in [-0.2, 0) is 21.4 Å². The standard InChI is InChI=1S/C18H23N3O4S/c1-13(2)21-26(23,24)16-6-7-17(14(3)9-16)25-12-18(22)20-11-15-5-4-8-19-10-15/h4-10,13,21H,11-12H2,1-3H3,(H,20,22). The number of sulfonamides is 1. The number of pyridine rings is 1. The van der Waals surface area contributed by atoms with Gasteiger partial charge in [-0.3, -0.25) is 9.78 Å². The number of nitrogens with zero attached hydrogens (tertiary/aromatic N) is 1. The summed E-state index contributed by atoms with van der Waals surface area (Å²) in [5.41, 5.74) is 1.53. The van der Waals surface area contributed by atoms with Crippen molar-refractivity contribution in [3.63, 3.8) is 0 Å². The highest BCUT2D eigenvalue weighted by atomic mass is 32.2. The molecule has 0 atom stereocenters. The van der Waals surface area contributed by atoms with Gasteiger partial charge in [-0.2, -0.15) is 0 Å². The smallest absolute Gasteiger partial charge is 0.258 e. The van der Waals surface area contributed by atoms with E-state index >= 15 is 0 Å². The van der Waals surface area contributed by atoms with Gasteiger partial charge in [-0.15, -0.1) is 0 Å². The van der Waals surface area contributed by atoms with Crippen LogP contribution < -0.4 is 14.8 Å². The van der Waals surface area contributed by atoms with E-state index in [2.05, 4.69) is 15.0 Å². The number of nitrogens with one attached hydrogen (secondary N) is 2. The van der Waals surface area contributed by atoms with Crippen LogP contribution in [0.4, 0.5) is 0 Å². The largest absolute Gasteiger partial charge is 0.484 e. The van der Waals surface area contributed by atoms with E-state index in [-0.39, 0.29) is 23.5 Å². The fraction of sp³-hybridized carbons (Fsp3) is 0.333. The van der Waals surface area contributed by atoms with Gasteiger partial charge < -0.3 is 10.1 Å². The molecule has 26 heavy (non-hydrogen) atoms. The molecule has 0 aliphatic heterocycles. The zero-order chi connectivity index (χ0) is 19.2. The molecular weight excluding hydrogens is 354 g/mol. The monoisotopic (exact) mass is 377 g/mol. The highest BCUT2D eigenvalue weighted by molar-refractivity contribution is 7.89. The number of carbonyl (C=O) groups excluding carboxylic acids is 1. The first-order chi connectivity index (χ1) is 12.3. The molecule has 2 rings (SSSR count). The van der Waals surface area contributed by atoms with Crippen LogP contribution in [0.5, 0.6) is 5.75 Å². The number of hydrogen-bond acceptors (Lipinski definition) is 5. The van der Waals surface area contributed by atoms with E-state index in [1.165, 1.54) is 12.1 Å². The Balaban J connectivity index is 1.92. The average molecular weight is 377 g/mol. The van der Waals surface area contributed by atoms with Crippen LogP contribution in [0, 0.1) is 6.92 Å². The van der Waals surface area contributed by atoms with Crippen LogP contribution >= 0.6 is 0 Å². The second kappa shape index (κ2) is 8.77. The third kappa shape index (κ3) is 5.82. The molecule has 0 saturated carbocycles. The van der Waals surface area contributed by atoms with Crippen LogP contribution in [0.3, 0.4) is 0 Å². The van der Waals surface area contributed by atoms with E-state index in [4.69, 9.17) is 4.74 Å². The zero-order valence-electron chi connectivity index (χ0n) is 15.0. The molecule has 1 aromatic carbocycles. The summed E-state index contributed by atoms with van der Waals surface area (Å²) in [7, 11) is -3.56. The molecule has 1 amide bonds. The first-order valence-corrected chi connectivity index (χ1v) is 9.67. The van der Waals surface area contributed by atoms with Gasteiger partial charge in [-0.05, 0) is 56.2 Å². The SMILES string of the molecule is Cc1cc(S(=O)(=O)NC(C)C)ccc1OCC(=O)NCc1cccnc1. The van der Waals surface area contributed by atoms with Crippen molar-refractivity contribution in [2.75, 3.05) is 6.61 Å². The fourth-order valence-electron chi connectivity index (χ4n) is 2.23. The molecule has 8 heteroatoms. The van der Waals surface area contributed by atoms with Crippen LogP contribution in [0.25, 0.3) is 0 Å². The highest BCUT2D eigenvalue weighted by Crippen LogP contribution is 2.22. The molecule has 0 unspecified atom stereocenters. The minimum Gasteiger partial charge on any atom is -0.484 e. The van der Waals surface area contributed by atoms with Crippen molar-refractivity contribution in [3.8, 4) is 5.75 Å². The topological polar surface area (TPSA) is 97.4 Å². The van der Waals surface area contributed by atoms with Crippen molar-refractivity contribution >= 4 is 15.9 Å². The Morgan fingerprint density at radius 2 is 2.04 bits per heavy atom. The first-order valence-electron chi connectivity index (χ1n) is 8.19. The van der Waals surface area contributed by atoms with Crippen molar-refractivity contribution < 1.29 is 17.9 Å². The summed E-state index contributed by atoms with van der Waals surface area (Å²) in [6.45, 7) is 5.46. The first kappa shape index (κ1) is 19.9. The Labute approximate surface area is 153 Å². The quantitative estimate of drug-likeness (QED) is 0.731. The molecule has 0 bridgehead atoms. The van der Waals surface area contributed by atoms with Crippen molar-refractivity contribution in [1.29, 1.82) is 0 Å². The van der Waals surface area contributed by atoms with Gasteiger partial charge in [0.15, 0.2) is 6.61 Å². The van der Waals surface area contributed by atoms with E-state index < -0.39 is 10.0 Å². The van der Waals surface area contributed by atoms with E-state index in [1.807, 2.05) is 6.07 Å². The van der Waals surface area contributed by atoms with E-state index in [0.717, 1.165) is 5.56 Å². The van der Waals surface area contributed by atoms with Crippen molar-refractivity contribution in [1.82, 2.24) is 15.0 Å². The number of amides is 1. The van der Waals surface area contributed by atoms with Crippen LogP contribution in [0.15, 0.2) is 47.6 Å². The van der Waals surface area contributed by atoms with Gasteiger partial charge in [0, 0.05) is 25.0 Å². The van der Waals surface area contributed by atoms with Gasteiger partial charge in [-0.1, -0.05) is 6.07 Å². The van der Waals surface area contributed by atoms with Gasteiger partial charge in [0.05, 0.1) is 4.90 Å². The zero-order valence-corrected chi connectivity index (χ0v) is 15.8. The van der Waals surface area contributed by atoms with Crippen LogP contribution in [0.2, 0.25) is 0 Å². The second-order valence-electron chi connectivity index (χ2n) is 6.13. The van der Waals surface area contributed by atoms with Crippen molar-refractivity contribution in [2.45, 2.75) is 38.3 Å². The number of carbonyl (C=O) groups is 1. The summed E-state index contributed by atoms with van der Waals surface area (Å²) in [5.74, 6) is 0.191. The molecule has 0 aliphatic carbocycles. The lowest BCUT2D eigenvalue weighted by Crippen LogP contribution is -2.30. The Bertz CT molecular complexity index is 852. The number of hydrogen-bond donors (Lipinski definition) is 2. The molecule has 140 valence electrons. The normalized spacial score (nSPS) is 11.4. The molecule has 0 aliphatic rings. The van der Waals surface area contributed by atoms with Gasteiger partial charge in [-0.25, -0.2) is 13.1 Å². The molecule has 0 spiro atoms. The molecule has 0 saturated heterocycles. The third-order valence-corrected chi connectivity index (χ3v) is 5.08. The molecule has 1 aromatic heterocycles. The molecule has 0 fully saturated rings. The van der Waals surface area contributed by atoms with Gasteiger partial charge in [0.25, 0.3) is 5.91 Å². The molecule has 2 N–H and O–H groups in total. The Morgan fingerprint density at radius 3 is 2.65 bits per heavy atom. The number of aromatic nitrogens is 1. The van der Waals surface area contributed by atoms with E-state index in [0.29, 0.717) is 17.9 Å². The van der Waals surface area contributed by atoms with Gasteiger partial charge >= 0.3 is 0 Å². The Kier molecular flexibility index (Phi) is 6.70. The summed E-state index contributed by atoms with van der Waals surface area (Å²) in [5, 5.41) is 2.74. The number of aryl methyl sites for hydroxylation is 1. The van der Waals surface area contributed by atoms with Crippen LogP contribution in [-0.4, -0.2) is 32.0 Å². The maximum absolute atomic E-state index is 12.2. The van der Waals surface area contributed by atoms with Crippen molar-refractivity contribution in [2.24, 2.45) is 0 Å². The molecule has 2 aromatic rings. The second-order valence-corrected chi connectivity index (χ2v) is 7.84. The predicted molar refractivity (Wildman–Crippen MR) is 98.2 cm³/mol. The van der Waals surface area contributed by atoms with Gasteiger partial charge in [0.1, 0.15) is 5.75 Å². The highest BCUT2D eigenvalue weighted by Gasteiger charge is 2.16. The minimum absolute atomic E-state index is 0.155. The number of benzene rings is 1. The Morgan fingerprint density at radius 1 is 1.27 bits per heavy atom.